The van der Waals surface area contributed by atoms with Crippen LogP contribution in [0.2, 0.25) is 0 Å². The number of aliphatic hydroxyl groups excluding tert-OH is 1. The highest BCUT2D eigenvalue weighted by atomic mass is 32.2. The molecule has 2 heterocycles. The van der Waals surface area contributed by atoms with Gasteiger partial charge in [0.2, 0.25) is 0 Å². The molecule has 4 rings (SSSR count). The smallest absolute Gasteiger partial charge is 0.0749 e. The van der Waals surface area contributed by atoms with E-state index in [1.165, 1.54) is 5.56 Å². The fourth-order valence-corrected chi connectivity index (χ4v) is 5.76. The number of H-pyrrole nitrogens is 1. The quantitative estimate of drug-likeness (QED) is 0.646. The molecule has 2 aromatic carbocycles. The molecule has 5 nitrogen and oxygen atoms in total. The molecule has 2 atom stereocenters. The number of benzene rings is 2. The lowest BCUT2D eigenvalue weighted by Gasteiger charge is -2.22. The number of hydrogen-bond acceptors (Lipinski definition) is 4. The van der Waals surface area contributed by atoms with Crippen LogP contribution < -0.4 is 4.90 Å². The minimum absolute atomic E-state index is 0.303. The normalized spacial score (nSPS) is 18.9. The zero-order valence-electron chi connectivity index (χ0n) is 17.3. The van der Waals surface area contributed by atoms with Gasteiger partial charge < -0.3 is 15.0 Å². The first-order valence-corrected chi connectivity index (χ1v) is 12.0. The van der Waals surface area contributed by atoms with Gasteiger partial charge in [0.25, 0.3) is 0 Å². The Balaban J connectivity index is 1.91. The van der Waals surface area contributed by atoms with E-state index in [1.807, 2.05) is 32.0 Å². The number of aryl methyl sites for hydroxylation is 1. The fourth-order valence-electron chi connectivity index (χ4n) is 4.09. The van der Waals surface area contributed by atoms with Crippen LogP contribution in [0.1, 0.15) is 25.8 Å². The molecule has 0 aliphatic carbocycles. The van der Waals surface area contributed by atoms with Crippen LogP contribution in [-0.4, -0.2) is 45.8 Å². The van der Waals surface area contributed by atoms with Gasteiger partial charge in [-0.25, -0.2) is 8.57 Å². The predicted octanol–water partition coefficient (Wildman–Crippen LogP) is 4.58. The van der Waals surface area contributed by atoms with Crippen LogP contribution in [0.25, 0.3) is 22.2 Å². The number of aromatic nitrogens is 1. The van der Waals surface area contributed by atoms with Crippen molar-refractivity contribution in [2.45, 2.75) is 38.2 Å². The van der Waals surface area contributed by atoms with E-state index >= 15 is 0 Å². The van der Waals surface area contributed by atoms with Crippen molar-refractivity contribution < 1.29 is 9.32 Å². The van der Waals surface area contributed by atoms with Crippen LogP contribution in [0.3, 0.4) is 0 Å². The van der Waals surface area contributed by atoms with Gasteiger partial charge in [0.1, 0.15) is 0 Å². The summed E-state index contributed by atoms with van der Waals surface area (Å²) in [5.74, 6) is 0.494. The van der Waals surface area contributed by atoms with Crippen molar-refractivity contribution in [3.8, 4) is 11.3 Å². The molecule has 0 spiro atoms. The number of fused-ring (bicyclic) bond motifs is 1. The fraction of sp³-hybridized carbons (Fsp3) is 0.391. The van der Waals surface area contributed by atoms with E-state index < -0.39 is 9.73 Å². The van der Waals surface area contributed by atoms with Gasteiger partial charge in [0.15, 0.2) is 0 Å². The van der Waals surface area contributed by atoms with Gasteiger partial charge in [0, 0.05) is 58.1 Å². The number of rotatable bonds is 5. The second-order valence-corrected chi connectivity index (χ2v) is 10.3. The van der Waals surface area contributed by atoms with Gasteiger partial charge >= 0.3 is 0 Å². The van der Waals surface area contributed by atoms with Crippen LogP contribution in [0.15, 0.2) is 51.7 Å². The molecule has 3 aromatic rings. The van der Waals surface area contributed by atoms with E-state index in [-0.39, 0.29) is 6.10 Å². The van der Waals surface area contributed by atoms with Crippen LogP contribution in [0.4, 0.5) is 5.69 Å². The van der Waals surface area contributed by atoms with E-state index in [2.05, 4.69) is 45.4 Å². The standard InChI is InChI=1S/C23H29N3O2S/c1-4-24-29(28,5-2)19-8-9-23(26-11-10-18(27)15-26)20(14-19)22-13-17-7-6-16(3)12-21(17)25-22/h6-9,12-14,18,25,27H,4-5,10-11,15H2,1-3H3/t18-,29?/m0/s1. The monoisotopic (exact) mass is 411 g/mol. The van der Waals surface area contributed by atoms with Crippen molar-refractivity contribution in [3.63, 3.8) is 0 Å². The first kappa shape index (κ1) is 20.0. The Morgan fingerprint density at radius 2 is 2.03 bits per heavy atom. The Hall–Kier alpha value is -2.31. The third kappa shape index (κ3) is 3.79. The SMILES string of the molecule is CCN=S(=O)(CC)c1ccc(N2CC[C@H](O)C2)c(-c2cc3ccc(C)cc3[nH]2)c1. The molecule has 0 bridgehead atoms. The predicted molar refractivity (Wildman–Crippen MR) is 121 cm³/mol. The summed E-state index contributed by atoms with van der Waals surface area (Å²) >= 11 is 0. The molecule has 1 aliphatic rings. The number of nitrogens with zero attached hydrogens (tertiary/aromatic N) is 2. The van der Waals surface area contributed by atoms with E-state index in [1.54, 1.807) is 0 Å². The Morgan fingerprint density at radius 3 is 2.72 bits per heavy atom. The van der Waals surface area contributed by atoms with Crippen molar-refractivity contribution in [2.24, 2.45) is 4.36 Å². The second-order valence-electron chi connectivity index (χ2n) is 7.72. The second kappa shape index (κ2) is 7.84. The summed E-state index contributed by atoms with van der Waals surface area (Å²) in [5, 5.41) is 11.2. The van der Waals surface area contributed by atoms with E-state index in [9.17, 15) is 9.32 Å². The highest BCUT2D eigenvalue weighted by molar-refractivity contribution is 7.93. The lowest BCUT2D eigenvalue weighted by Crippen LogP contribution is -2.22. The number of nitrogens with one attached hydrogen (secondary N) is 1. The van der Waals surface area contributed by atoms with E-state index in [0.717, 1.165) is 45.7 Å². The summed E-state index contributed by atoms with van der Waals surface area (Å²) in [7, 11) is -2.43. The van der Waals surface area contributed by atoms with Crippen LogP contribution in [0, 0.1) is 6.92 Å². The summed E-state index contributed by atoms with van der Waals surface area (Å²) in [4.78, 5) is 6.53. The molecule has 154 valence electrons. The minimum Gasteiger partial charge on any atom is -0.391 e. The van der Waals surface area contributed by atoms with Crippen molar-refractivity contribution in [3.05, 3.63) is 48.0 Å². The van der Waals surface area contributed by atoms with Crippen LogP contribution >= 0.6 is 0 Å². The zero-order chi connectivity index (χ0) is 20.6. The molecule has 1 aromatic heterocycles. The largest absolute Gasteiger partial charge is 0.391 e. The topological polar surface area (TPSA) is 68.7 Å². The Labute approximate surface area is 172 Å². The molecule has 29 heavy (non-hydrogen) atoms. The molecule has 0 radical (unpaired) electrons. The molecule has 1 saturated heterocycles. The highest BCUT2D eigenvalue weighted by Crippen LogP contribution is 2.36. The number of aromatic amines is 1. The Bertz CT molecular complexity index is 1160. The summed E-state index contributed by atoms with van der Waals surface area (Å²) in [6.07, 6.45) is 0.465. The first-order chi connectivity index (χ1) is 13.9. The lowest BCUT2D eigenvalue weighted by molar-refractivity contribution is 0.198. The van der Waals surface area contributed by atoms with Crippen LogP contribution in [-0.2, 0) is 9.73 Å². The molecule has 2 N–H and O–H groups in total. The van der Waals surface area contributed by atoms with Gasteiger partial charge in [-0.2, -0.15) is 0 Å². The third-order valence-electron chi connectivity index (χ3n) is 5.64. The number of β-amino-alcohol motifs (C(OH)–C–C–N with tert-alkyl or cyclic N) is 1. The van der Waals surface area contributed by atoms with E-state index in [0.29, 0.717) is 18.8 Å². The summed E-state index contributed by atoms with van der Waals surface area (Å²) in [5.41, 5.74) is 5.37. The minimum atomic E-state index is -2.43. The number of anilines is 1. The van der Waals surface area contributed by atoms with Gasteiger partial charge in [-0.15, -0.1) is 0 Å². The Kier molecular flexibility index (Phi) is 5.40. The van der Waals surface area contributed by atoms with E-state index in [4.69, 9.17) is 0 Å². The maximum Gasteiger partial charge on any atom is 0.0749 e. The van der Waals surface area contributed by atoms with Gasteiger partial charge in [-0.05, 0) is 56.2 Å². The molecular weight excluding hydrogens is 382 g/mol. The maximum absolute atomic E-state index is 13.4. The highest BCUT2D eigenvalue weighted by Gasteiger charge is 2.24. The number of aliphatic hydroxyl groups is 1. The van der Waals surface area contributed by atoms with Crippen LogP contribution in [0.5, 0.6) is 0 Å². The summed E-state index contributed by atoms with van der Waals surface area (Å²) < 4.78 is 17.8. The van der Waals surface area contributed by atoms with Crippen molar-refractivity contribution in [2.75, 3.05) is 30.3 Å². The number of hydrogen-bond donors (Lipinski definition) is 2. The average molecular weight is 412 g/mol. The Morgan fingerprint density at radius 1 is 1.21 bits per heavy atom. The van der Waals surface area contributed by atoms with Crippen molar-refractivity contribution in [1.29, 1.82) is 0 Å². The maximum atomic E-state index is 13.4. The third-order valence-corrected chi connectivity index (χ3v) is 8.09. The molecule has 0 saturated carbocycles. The van der Waals surface area contributed by atoms with Gasteiger partial charge in [-0.3, -0.25) is 0 Å². The molecule has 0 amide bonds. The average Bonchev–Trinajstić information content (AvgIpc) is 3.33. The molecular formula is C23H29N3O2S. The molecule has 1 fully saturated rings. The lowest BCUT2D eigenvalue weighted by atomic mass is 10.1. The molecule has 1 aliphatic heterocycles. The van der Waals surface area contributed by atoms with Crippen molar-refractivity contribution >= 4 is 26.3 Å². The summed E-state index contributed by atoms with van der Waals surface area (Å²) in [6.45, 7) is 7.91. The first-order valence-electron chi connectivity index (χ1n) is 10.3. The molecule has 6 heteroatoms. The zero-order valence-corrected chi connectivity index (χ0v) is 18.1. The van der Waals surface area contributed by atoms with Gasteiger partial charge in [-0.1, -0.05) is 19.1 Å². The van der Waals surface area contributed by atoms with Gasteiger partial charge in [0.05, 0.1) is 15.8 Å². The van der Waals surface area contributed by atoms with Crippen molar-refractivity contribution in [1.82, 2.24) is 4.98 Å². The summed E-state index contributed by atoms with van der Waals surface area (Å²) in [6, 6.07) is 14.5. The molecule has 1 unspecified atom stereocenters.